The lowest BCUT2D eigenvalue weighted by atomic mass is 9.94. The molecule has 3 heterocycles. The Bertz CT molecular complexity index is 862. The third kappa shape index (κ3) is 2.82. The van der Waals surface area contributed by atoms with Gasteiger partial charge in [0.1, 0.15) is 4.83 Å². The molecule has 1 N–H and O–H groups in total. The number of thiophene rings is 1. The summed E-state index contributed by atoms with van der Waals surface area (Å²) in [6.45, 7) is 4.26. The van der Waals surface area contributed by atoms with Crippen molar-refractivity contribution in [2.45, 2.75) is 45.2 Å². The van der Waals surface area contributed by atoms with Gasteiger partial charge in [0.05, 0.1) is 10.6 Å². The van der Waals surface area contributed by atoms with E-state index in [0.29, 0.717) is 6.04 Å². The van der Waals surface area contributed by atoms with E-state index in [4.69, 9.17) is 0 Å². The van der Waals surface area contributed by atoms with Crippen molar-refractivity contribution < 1.29 is 4.79 Å². The van der Waals surface area contributed by atoms with Crippen LogP contribution in [-0.4, -0.2) is 26.7 Å². The first kappa shape index (κ1) is 15.3. The fraction of sp³-hybridized carbons (Fsp3) is 0.389. The highest BCUT2D eigenvalue weighted by Crippen LogP contribution is 2.25. The molecule has 1 atom stereocenters. The molecular weight excluding hydrogens is 320 g/mol. The van der Waals surface area contributed by atoms with Gasteiger partial charge in [0.25, 0.3) is 5.91 Å². The molecule has 0 spiro atoms. The van der Waals surface area contributed by atoms with E-state index >= 15 is 0 Å². The van der Waals surface area contributed by atoms with Crippen molar-refractivity contribution >= 4 is 27.5 Å². The van der Waals surface area contributed by atoms with Gasteiger partial charge in [0, 0.05) is 36.3 Å². The highest BCUT2D eigenvalue weighted by molar-refractivity contribution is 7.20. The average Bonchev–Trinajstić information content (AvgIpc) is 3.18. The second kappa shape index (κ2) is 6.02. The number of hydrogen-bond acceptors (Lipinski definition) is 4. The lowest BCUT2D eigenvalue weighted by Crippen LogP contribution is -2.38. The Hall–Kier alpha value is -2.21. The third-order valence-corrected chi connectivity index (χ3v) is 5.54. The minimum atomic E-state index is -0.00487. The molecule has 0 bridgehead atoms. The van der Waals surface area contributed by atoms with Gasteiger partial charge >= 0.3 is 0 Å². The first-order valence-corrected chi connectivity index (χ1v) is 9.14. The second-order valence-corrected chi connectivity index (χ2v) is 7.63. The maximum absolute atomic E-state index is 12.6. The molecular formula is C18H20N4OS. The number of aromatic nitrogens is 3. The molecule has 24 heavy (non-hydrogen) atoms. The van der Waals surface area contributed by atoms with Crippen molar-refractivity contribution in [2.24, 2.45) is 0 Å². The van der Waals surface area contributed by atoms with Crippen LogP contribution in [0.3, 0.4) is 0 Å². The Morgan fingerprint density at radius 2 is 2.33 bits per heavy atom. The monoisotopic (exact) mass is 340 g/mol. The van der Waals surface area contributed by atoms with Gasteiger partial charge in [-0.1, -0.05) is 6.07 Å². The van der Waals surface area contributed by atoms with Crippen LogP contribution in [0.2, 0.25) is 0 Å². The zero-order valence-electron chi connectivity index (χ0n) is 13.8. The Labute approximate surface area is 144 Å². The van der Waals surface area contributed by atoms with E-state index < -0.39 is 0 Å². The van der Waals surface area contributed by atoms with Gasteiger partial charge in [0.15, 0.2) is 0 Å². The number of carbonyl (C=O) groups excluding carboxylic acids is 1. The van der Waals surface area contributed by atoms with Crippen molar-refractivity contribution in [1.29, 1.82) is 0 Å². The Morgan fingerprint density at radius 3 is 3.12 bits per heavy atom. The SMILES string of the molecule is CC(C)n1cc2c(n1)C[C@@H](NC(=O)c1cc3cccnc3s1)CC2. The van der Waals surface area contributed by atoms with Crippen LogP contribution in [0.1, 0.15) is 47.2 Å². The number of nitrogens with zero attached hydrogens (tertiary/aromatic N) is 3. The third-order valence-electron chi connectivity index (χ3n) is 4.48. The van der Waals surface area contributed by atoms with Crippen LogP contribution in [0.15, 0.2) is 30.6 Å². The largest absolute Gasteiger partial charge is 0.348 e. The fourth-order valence-electron chi connectivity index (χ4n) is 3.14. The number of rotatable bonds is 3. The molecule has 1 aliphatic rings. The van der Waals surface area contributed by atoms with Crippen LogP contribution in [0.5, 0.6) is 0 Å². The summed E-state index contributed by atoms with van der Waals surface area (Å²) in [5, 5.41) is 8.87. The molecule has 0 fully saturated rings. The lowest BCUT2D eigenvalue weighted by Gasteiger charge is -2.22. The molecule has 3 aromatic rings. The van der Waals surface area contributed by atoms with E-state index in [-0.39, 0.29) is 11.9 Å². The smallest absolute Gasteiger partial charge is 0.261 e. The zero-order valence-corrected chi connectivity index (χ0v) is 14.6. The maximum atomic E-state index is 12.6. The van der Waals surface area contributed by atoms with Crippen molar-refractivity contribution in [1.82, 2.24) is 20.1 Å². The molecule has 0 saturated heterocycles. The predicted molar refractivity (Wildman–Crippen MR) is 95.5 cm³/mol. The first-order chi connectivity index (χ1) is 11.6. The summed E-state index contributed by atoms with van der Waals surface area (Å²) in [4.78, 5) is 18.5. The maximum Gasteiger partial charge on any atom is 0.261 e. The quantitative estimate of drug-likeness (QED) is 0.795. The molecule has 0 aliphatic heterocycles. The van der Waals surface area contributed by atoms with Crippen LogP contribution in [-0.2, 0) is 12.8 Å². The predicted octanol–water partition coefficient (Wildman–Crippen LogP) is 3.36. The molecule has 1 amide bonds. The van der Waals surface area contributed by atoms with Crippen molar-refractivity contribution in [2.75, 3.05) is 0 Å². The Balaban J connectivity index is 1.48. The lowest BCUT2D eigenvalue weighted by molar-refractivity contribution is 0.0937. The van der Waals surface area contributed by atoms with E-state index in [1.807, 2.05) is 22.9 Å². The normalized spacial score (nSPS) is 17.2. The summed E-state index contributed by atoms with van der Waals surface area (Å²) in [7, 11) is 0. The summed E-state index contributed by atoms with van der Waals surface area (Å²) in [6.07, 6.45) is 6.65. The Kier molecular flexibility index (Phi) is 3.84. The van der Waals surface area contributed by atoms with Crippen molar-refractivity contribution in [3.05, 3.63) is 46.7 Å². The number of nitrogens with one attached hydrogen (secondary N) is 1. The summed E-state index contributed by atoms with van der Waals surface area (Å²) in [5.41, 5.74) is 2.44. The topological polar surface area (TPSA) is 59.8 Å². The van der Waals surface area contributed by atoms with Gasteiger partial charge in [-0.15, -0.1) is 11.3 Å². The van der Waals surface area contributed by atoms with Crippen LogP contribution >= 0.6 is 11.3 Å². The Morgan fingerprint density at radius 1 is 1.46 bits per heavy atom. The van der Waals surface area contributed by atoms with Gasteiger partial charge in [-0.3, -0.25) is 9.48 Å². The molecule has 4 rings (SSSR count). The number of pyridine rings is 1. The van der Waals surface area contributed by atoms with E-state index in [1.54, 1.807) is 6.20 Å². The highest BCUT2D eigenvalue weighted by atomic mass is 32.1. The van der Waals surface area contributed by atoms with E-state index in [9.17, 15) is 4.79 Å². The molecule has 1 aliphatic carbocycles. The van der Waals surface area contributed by atoms with E-state index in [0.717, 1.165) is 40.1 Å². The van der Waals surface area contributed by atoms with E-state index in [2.05, 4.69) is 35.4 Å². The number of fused-ring (bicyclic) bond motifs is 2. The molecule has 0 aromatic carbocycles. The average molecular weight is 340 g/mol. The van der Waals surface area contributed by atoms with Crippen molar-refractivity contribution in [3.8, 4) is 0 Å². The van der Waals surface area contributed by atoms with Crippen LogP contribution in [0, 0.1) is 0 Å². The molecule has 124 valence electrons. The molecule has 0 unspecified atom stereocenters. The fourth-order valence-corrected chi connectivity index (χ4v) is 4.05. The van der Waals surface area contributed by atoms with Gasteiger partial charge in [-0.2, -0.15) is 5.10 Å². The summed E-state index contributed by atoms with van der Waals surface area (Å²) in [6, 6.07) is 6.32. The molecule has 0 radical (unpaired) electrons. The number of carbonyl (C=O) groups is 1. The van der Waals surface area contributed by atoms with Gasteiger partial charge < -0.3 is 5.32 Å². The number of hydrogen-bond donors (Lipinski definition) is 1. The minimum absolute atomic E-state index is 0.00487. The highest BCUT2D eigenvalue weighted by Gasteiger charge is 2.24. The van der Waals surface area contributed by atoms with Gasteiger partial charge in [-0.05, 0) is 44.4 Å². The molecule has 6 heteroatoms. The number of aryl methyl sites for hydroxylation is 1. The summed E-state index contributed by atoms with van der Waals surface area (Å²) in [5.74, 6) is -0.00487. The minimum Gasteiger partial charge on any atom is -0.348 e. The van der Waals surface area contributed by atoms with Crippen molar-refractivity contribution in [3.63, 3.8) is 0 Å². The molecule has 0 saturated carbocycles. The molecule has 3 aromatic heterocycles. The van der Waals surface area contributed by atoms with Crippen LogP contribution in [0.4, 0.5) is 0 Å². The zero-order chi connectivity index (χ0) is 16.7. The van der Waals surface area contributed by atoms with Gasteiger partial charge in [-0.25, -0.2) is 4.98 Å². The summed E-state index contributed by atoms with van der Waals surface area (Å²) >= 11 is 1.44. The summed E-state index contributed by atoms with van der Waals surface area (Å²) < 4.78 is 2.02. The second-order valence-electron chi connectivity index (χ2n) is 6.60. The van der Waals surface area contributed by atoms with Crippen LogP contribution in [0.25, 0.3) is 10.2 Å². The number of amides is 1. The van der Waals surface area contributed by atoms with Crippen LogP contribution < -0.4 is 5.32 Å². The first-order valence-electron chi connectivity index (χ1n) is 8.32. The molecule has 5 nitrogen and oxygen atoms in total. The van der Waals surface area contributed by atoms with E-state index in [1.165, 1.54) is 16.9 Å². The van der Waals surface area contributed by atoms with Gasteiger partial charge in [0.2, 0.25) is 0 Å². The standard InChI is InChI=1S/C18H20N4OS/c1-11(2)22-10-13-5-6-14(9-15(13)21-22)20-17(23)16-8-12-4-3-7-19-18(12)24-16/h3-4,7-8,10-11,14H,5-6,9H2,1-2H3,(H,20,23)/t14-/m0/s1.